The molecule has 1 aromatic rings. The number of nitrogens with zero attached hydrogens (tertiary/aromatic N) is 1. The second kappa shape index (κ2) is 3.56. The molecule has 1 aromatic heterocycles. The number of methoxy groups -OCH3 is 1. The number of rotatable bonds is 2. The normalized spacial score (nSPS) is 9.85. The number of ether oxygens (including phenoxy) is 1. The van der Waals surface area contributed by atoms with Gasteiger partial charge in [0.1, 0.15) is 11.4 Å². The van der Waals surface area contributed by atoms with Crippen LogP contribution in [0.4, 0.5) is 4.39 Å². The zero-order valence-corrected chi connectivity index (χ0v) is 8.02. The first-order chi connectivity index (χ1) is 6.06. The van der Waals surface area contributed by atoms with Gasteiger partial charge in [-0.05, 0) is 19.4 Å². The van der Waals surface area contributed by atoms with Gasteiger partial charge in [0.2, 0.25) is 0 Å². The summed E-state index contributed by atoms with van der Waals surface area (Å²) in [7, 11) is 1.49. The average Bonchev–Trinajstić information content (AvgIpc) is 2.07. The van der Waals surface area contributed by atoms with E-state index in [1.165, 1.54) is 13.2 Å². The molecule has 0 aliphatic rings. The van der Waals surface area contributed by atoms with Crippen LogP contribution in [0.25, 0.3) is 5.57 Å². The molecule has 0 spiro atoms. The molecular weight excluding hydrogens is 169 g/mol. The van der Waals surface area contributed by atoms with Gasteiger partial charge in [-0.2, -0.15) is 0 Å². The summed E-state index contributed by atoms with van der Waals surface area (Å²) in [5, 5.41) is 0. The summed E-state index contributed by atoms with van der Waals surface area (Å²) < 4.78 is 18.2. The maximum absolute atomic E-state index is 13.3. The minimum atomic E-state index is -0.394. The van der Waals surface area contributed by atoms with Crippen LogP contribution in [0, 0.1) is 12.7 Å². The molecular formula is C10H12FNO. The fraction of sp³-hybridized carbons (Fsp3) is 0.300. The lowest BCUT2D eigenvalue weighted by Gasteiger charge is -2.07. The van der Waals surface area contributed by atoms with Crippen LogP contribution < -0.4 is 4.74 Å². The summed E-state index contributed by atoms with van der Waals surface area (Å²) >= 11 is 0. The molecule has 0 N–H and O–H groups in total. The smallest absolute Gasteiger partial charge is 0.152 e. The van der Waals surface area contributed by atoms with Crippen LogP contribution in [0.15, 0.2) is 12.6 Å². The quantitative estimate of drug-likeness (QED) is 0.699. The standard InChI is InChI=1S/C10H12FNO/c1-6(2)10-8(11)5-9(13-4)7(3)12-10/h5H,1H2,2-4H3. The second-order valence-corrected chi connectivity index (χ2v) is 2.89. The average molecular weight is 181 g/mol. The zero-order valence-electron chi connectivity index (χ0n) is 8.02. The number of pyridine rings is 1. The molecule has 0 bridgehead atoms. The Hall–Kier alpha value is -1.38. The molecule has 2 nitrogen and oxygen atoms in total. The van der Waals surface area contributed by atoms with Gasteiger partial charge in [-0.1, -0.05) is 6.58 Å². The van der Waals surface area contributed by atoms with Crippen molar-refractivity contribution in [3.8, 4) is 5.75 Å². The van der Waals surface area contributed by atoms with E-state index in [1.807, 2.05) is 0 Å². The molecule has 1 rings (SSSR count). The Bertz CT molecular complexity index is 347. The van der Waals surface area contributed by atoms with E-state index >= 15 is 0 Å². The van der Waals surface area contributed by atoms with Gasteiger partial charge >= 0.3 is 0 Å². The van der Waals surface area contributed by atoms with Crippen molar-refractivity contribution in [2.45, 2.75) is 13.8 Å². The Kier molecular flexibility index (Phi) is 2.66. The summed E-state index contributed by atoms with van der Waals surface area (Å²) in [5.41, 5.74) is 1.59. The van der Waals surface area contributed by atoms with Gasteiger partial charge in [0.15, 0.2) is 5.82 Å². The summed E-state index contributed by atoms with van der Waals surface area (Å²) in [5.74, 6) is 0.0671. The van der Waals surface area contributed by atoms with E-state index in [9.17, 15) is 4.39 Å². The van der Waals surface area contributed by atoms with Crippen molar-refractivity contribution in [3.05, 3.63) is 29.9 Å². The molecule has 0 aliphatic carbocycles. The fourth-order valence-corrected chi connectivity index (χ4v) is 1.07. The van der Waals surface area contributed by atoms with Crippen LogP contribution in [0.2, 0.25) is 0 Å². The van der Waals surface area contributed by atoms with Gasteiger partial charge in [-0.25, -0.2) is 9.37 Å². The third kappa shape index (κ3) is 1.86. The van der Waals surface area contributed by atoms with Gasteiger partial charge in [0.05, 0.1) is 12.8 Å². The largest absolute Gasteiger partial charge is 0.495 e. The zero-order chi connectivity index (χ0) is 10.0. The Balaban J connectivity index is 3.28. The molecule has 0 fully saturated rings. The van der Waals surface area contributed by atoms with E-state index in [4.69, 9.17) is 4.74 Å². The fourth-order valence-electron chi connectivity index (χ4n) is 1.07. The van der Waals surface area contributed by atoms with E-state index in [0.29, 0.717) is 22.7 Å². The number of aryl methyl sites for hydroxylation is 1. The Morgan fingerprint density at radius 2 is 2.23 bits per heavy atom. The Labute approximate surface area is 77.1 Å². The summed E-state index contributed by atoms with van der Waals surface area (Å²) in [4.78, 5) is 4.04. The minimum absolute atomic E-state index is 0.304. The number of allylic oxidation sites excluding steroid dienone is 1. The van der Waals surface area contributed by atoms with Crippen LogP contribution in [0.1, 0.15) is 18.3 Å². The van der Waals surface area contributed by atoms with E-state index < -0.39 is 5.82 Å². The minimum Gasteiger partial charge on any atom is -0.495 e. The first kappa shape index (κ1) is 9.71. The Morgan fingerprint density at radius 3 is 2.69 bits per heavy atom. The highest BCUT2D eigenvalue weighted by Gasteiger charge is 2.09. The van der Waals surface area contributed by atoms with Crippen molar-refractivity contribution < 1.29 is 9.13 Å². The first-order valence-corrected chi connectivity index (χ1v) is 3.93. The van der Waals surface area contributed by atoms with Crippen LogP contribution in [-0.4, -0.2) is 12.1 Å². The third-order valence-electron chi connectivity index (χ3n) is 1.74. The van der Waals surface area contributed by atoms with Gasteiger partial charge in [-0.15, -0.1) is 0 Å². The Morgan fingerprint density at radius 1 is 1.62 bits per heavy atom. The van der Waals surface area contributed by atoms with Crippen molar-refractivity contribution in [3.63, 3.8) is 0 Å². The van der Waals surface area contributed by atoms with Crippen molar-refractivity contribution in [2.75, 3.05) is 7.11 Å². The summed E-state index contributed by atoms with van der Waals surface area (Å²) in [6, 6.07) is 1.33. The molecule has 0 saturated heterocycles. The maximum Gasteiger partial charge on any atom is 0.152 e. The molecule has 70 valence electrons. The molecule has 0 saturated carbocycles. The SMILES string of the molecule is C=C(C)c1nc(C)c(OC)cc1F. The number of hydrogen-bond donors (Lipinski definition) is 0. The van der Waals surface area contributed by atoms with Crippen LogP contribution in [0.3, 0.4) is 0 Å². The first-order valence-electron chi connectivity index (χ1n) is 3.93. The maximum atomic E-state index is 13.3. The number of aromatic nitrogens is 1. The molecule has 0 aromatic carbocycles. The van der Waals surface area contributed by atoms with Gasteiger partial charge in [0, 0.05) is 6.07 Å². The third-order valence-corrected chi connectivity index (χ3v) is 1.74. The van der Waals surface area contributed by atoms with Gasteiger partial charge in [-0.3, -0.25) is 0 Å². The molecule has 0 amide bonds. The van der Waals surface area contributed by atoms with E-state index in [1.54, 1.807) is 13.8 Å². The molecule has 0 radical (unpaired) electrons. The molecule has 3 heteroatoms. The summed E-state index contributed by atoms with van der Waals surface area (Å²) in [6.07, 6.45) is 0. The monoisotopic (exact) mass is 181 g/mol. The lowest BCUT2D eigenvalue weighted by atomic mass is 10.2. The molecule has 13 heavy (non-hydrogen) atoms. The summed E-state index contributed by atoms with van der Waals surface area (Å²) in [6.45, 7) is 7.13. The number of hydrogen-bond acceptors (Lipinski definition) is 2. The molecule has 0 aliphatic heterocycles. The van der Waals surface area contributed by atoms with Crippen LogP contribution in [-0.2, 0) is 0 Å². The molecule has 0 atom stereocenters. The van der Waals surface area contributed by atoms with Crippen molar-refractivity contribution in [1.82, 2.24) is 4.98 Å². The van der Waals surface area contributed by atoms with Gasteiger partial charge in [0.25, 0.3) is 0 Å². The topological polar surface area (TPSA) is 22.1 Å². The predicted octanol–water partition coefficient (Wildman–Crippen LogP) is 2.57. The molecule has 0 unspecified atom stereocenters. The van der Waals surface area contributed by atoms with Crippen molar-refractivity contribution in [1.29, 1.82) is 0 Å². The predicted molar refractivity (Wildman–Crippen MR) is 50.2 cm³/mol. The van der Waals surface area contributed by atoms with E-state index in [0.717, 1.165) is 0 Å². The lowest BCUT2D eigenvalue weighted by Crippen LogP contribution is -1.97. The number of halogens is 1. The van der Waals surface area contributed by atoms with Crippen molar-refractivity contribution >= 4 is 5.57 Å². The molecule has 1 heterocycles. The second-order valence-electron chi connectivity index (χ2n) is 2.89. The highest BCUT2D eigenvalue weighted by atomic mass is 19.1. The van der Waals surface area contributed by atoms with Crippen molar-refractivity contribution in [2.24, 2.45) is 0 Å². The highest BCUT2D eigenvalue weighted by Crippen LogP contribution is 2.21. The van der Waals surface area contributed by atoms with E-state index in [-0.39, 0.29) is 0 Å². The van der Waals surface area contributed by atoms with Crippen LogP contribution in [0.5, 0.6) is 5.75 Å². The highest BCUT2D eigenvalue weighted by molar-refractivity contribution is 5.59. The van der Waals surface area contributed by atoms with E-state index in [2.05, 4.69) is 11.6 Å². The van der Waals surface area contributed by atoms with Crippen LogP contribution >= 0.6 is 0 Å². The van der Waals surface area contributed by atoms with Gasteiger partial charge < -0.3 is 4.74 Å². The lowest BCUT2D eigenvalue weighted by molar-refractivity contribution is 0.404.